The quantitative estimate of drug-likeness (QED) is 0.267. The molecule has 0 radical (unpaired) electrons. The van der Waals surface area contributed by atoms with Gasteiger partial charge in [0.2, 0.25) is 0 Å². The van der Waals surface area contributed by atoms with Gasteiger partial charge in [-0.05, 0) is 13.8 Å². The van der Waals surface area contributed by atoms with Crippen LogP contribution in [0.5, 0.6) is 0 Å². The molecule has 6 heteroatoms. The summed E-state index contributed by atoms with van der Waals surface area (Å²) in [5.41, 5.74) is 1.02. The highest BCUT2D eigenvalue weighted by atomic mass is 16.6. The number of rotatable bonds is 6. The molecule has 0 aliphatic rings. The minimum atomic E-state index is -1.37. The van der Waals surface area contributed by atoms with Gasteiger partial charge in [0.25, 0.3) is 5.69 Å². The second-order valence-corrected chi connectivity index (χ2v) is 5.23. The van der Waals surface area contributed by atoms with Crippen molar-refractivity contribution in [2.75, 3.05) is 6.61 Å². The smallest absolute Gasteiger partial charge is 0.321 e. The van der Waals surface area contributed by atoms with Gasteiger partial charge in [-0.15, -0.1) is 0 Å². The molecule has 0 saturated heterocycles. The predicted molar refractivity (Wildman–Crippen MR) is 88.0 cm³/mol. The van der Waals surface area contributed by atoms with Crippen LogP contribution >= 0.6 is 0 Å². The average molecular weight is 327 g/mol. The van der Waals surface area contributed by atoms with Crippen molar-refractivity contribution in [3.05, 3.63) is 75.3 Å². The molecule has 6 nitrogen and oxygen atoms in total. The van der Waals surface area contributed by atoms with Gasteiger partial charge in [-0.1, -0.05) is 48.0 Å². The van der Waals surface area contributed by atoms with Crippen LogP contribution in [0.15, 0.2) is 48.5 Å². The third-order valence-corrected chi connectivity index (χ3v) is 3.57. The Balaban J connectivity index is 2.53. The third-order valence-electron chi connectivity index (χ3n) is 3.57. The molecule has 0 aliphatic heterocycles. The number of hydrogen-bond donors (Lipinski definition) is 0. The highest BCUT2D eigenvalue weighted by molar-refractivity contribution is 6.13. The van der Waals surface area contributed by atoms with Crippen LogP contribution < -0.4 is 0 Å². The van der Waals surface area contributed by atoms with Gasteiger partial charge in [-0.2, -0.15) is 0 Å². The van der Waals surface area contributed by atoms with E-state index in [0.717, 1.165) is 5.56 Å². The molecule has 124 valence electrons. The van der Waals surface area contributed by atoms with Crippen molar-refractivity contribution >= 4 is 17.4 Å². The van der Waals surface area contributed by atoms with Crippen LogP contribution in [0.4, 0.5) is 5.69 Å². The lowest BCUT2D eigenvalue weighted by Crippen LogP contribution is -2.25. The summed E-state index contributed by atoms with van der Waals surface area (Å²) >= 11 is 0. The number of para-hydroxylation sites is 1. The monoisotopic (exact) mass is 327 g/mol. The lowest BCUT2D eigenvalue weighted by molar-refractivity contribution is -0.385. The number of ether oxygens (including phenoxy) is 1. The Morgan fingerprint density at radius 3 is 2.33 bits per heavy atom. The van der Waals surface area contributed by atoms with E-state index in [1.807, 2.05) is 6.92 Å². The van der Waals surface area contributed by atoms with E-state index in [1.54, 1.807) is 37.3 Å². The molecule has 0 heterocycles. The minimum absolute atomic E-state index is 0.0338. The highest BCUT2D eigenvalue weighted by Crippen LogP contribution is 2.30. The van der Waals surface area contributed by atoms with Gasteiger partial charge in [0, 0.05) is 11.6 Å². The summed E-state index contributed by atoms with van der Waals surface area (Å²) in [5.74, 6) is -2.69. The summed E-state index contributed by atoms with van der Waals surface area (Å²) in [6.07, 6.45) is 0. The van der Waals surface area contributed by atoms with Crippen molar-refractivity contribution in [3.63, 3.8) is 0 Å². The molecule has 1 atom stereocenters. The number of hydrogen-bond acceptors (Lipinski definition) is 5. The lowest BCUT2D eigenvalue weighted by atomic mass is 9.89. The molecule has 24 heavy (non-hydrogen) atoms. The van der Waals surface area contributed by atoms with Crippen LogP contribution in [-0.4, -0.2) is 23.3 Å². The maximum atomic E-state index is 12.8. The molecular weight excluding hydrogens is 310 g/mol. The zero-order valence-electron chi connectivity index (χ0n) is 13.4. The van der Waals surface area contributed by atoms with Gasteiger partial charge in [0.05, 0.1) is 17.1 Å². The Morgan fingerprint density at radius 1 is 1.12 bits per heavy atom. The first-order valence-electron chi connectivity index (χ1n) is 7.46. The minimum Gasteiger partial charge on any atom is -0.465 e. The van der Waals surface area contributed by atoms with Crippen molar-refractivity contribution in [2.45, 2.75) is 19.8 Å². The molecule has 2 aromatic rings. The number of ketones is 1. The van der Waals surface area contributed by atoms with Crippen molar-refractivity contribution in [1.29, 1.82) is 0 Å². The average Bonchev–Trinajstić information content (AvgIpc) is 2.56. The molecule has 0 bridgehead atoms. The standard InChI is InChI=1S/C18H17NO5/c1-3-24-18(21)16(14-6-4-5-7-15(14)19(22)23)17(20)13-10-8-12(2)9-11-13/h4-11,16H,3H2,1-2H3. The zero-order chi connectivity index (χ0) is 17.7. The van der Waals surface area contributed by atoms with Crippen molar-refractivity contribution in [1.82, 2.24) is 0 Å². The number of carbonyl (C=O) groups is 2. The number of benzene rings is 2. The normalized spacial score (nSPS) is 11.6. The number of aryl methyl sites for hydroxylation is 1. The Morgan fingerprint density at radius 2 is 1.75 bits per heavy atom. The number of nitro groups is 1. The topological polar surface area (TPSA) is 86.5 Å². The van der Waals surface area contributed by atoms with Crippen molar-refractivity contribution in [3.8, 4) is 0 Å². The Labute approximate surface area is 139 Å². The molecule has 0 N–H and O–H groups in total. The van der Waals surface area contributed by atoms with Gasteiger partial charge >= 0.3 is 5.97 Å². The molecule has 0 aromatic heterocycles. The van der Waals surface area contributed by atoms with Gasteiger partial charge in [0.1, 0.15) is 0 Å². The van der Waals surface area contributed by atoms with Crippen molar-refractivity contribution in [2.24, 2.45) is 0 Å². The first-order chi connectivity index (χ1) is 11.5. The molecule has 0 saturated carbocycles. The van der Waals surface area contributed by atoms with E-state index in [4.69, 9.17) is 4.74 Å². The Kier molecular flexibility index (Phi) is 5.42. The van der Waals surface area contributed by atoms with Crippen LogP contribution in [-0.2, 0) is 9.53 Å². The molecule has 0 fully saturated rings. The summed E-state index contributed by atoms with van der Waals surface area (Å²) in [5, 5.41) is 11.3. The maximum absolute atomic E-state index is 12.8. The van der Waals surface area contributed by atoms with E-state index in [-0.39, 0.29) is 17.9 Å². The summed E-state index contributed by atoms with van der Waals surface area (Å²) in [6.45, 7) is 3.57. The maximum Gasteiger partial charge on any atom is 0.321 e. The van der Waals surface area contributed by atoms with Crippen LogP contribution in [0.25, 0.3) is 0 Å². The van der Waals surface area contributed by atoms with E-state index in [9.17, 15) is 19.7 Å². The fraction of sp³-hybridized carbons (Fsp3) is 0.222. The zero-order valence-corrected chi connectivity index (χ0v) is 13.4. The molecule has 2 rings (SSSR count). The van der Waals surface area contributed by atoms with Crippen molar-refractivity contribution < 1.29 is 19.2 Å². The van der Waals surface area contributed by atoms with Crippen LogP contribution in [0.3, 0.4) is 0 Å². The first-order valence-corrected chi connectivity index (χ1v) is 7.46. The number of nitro benzene ring substituents is 1. The molecular formula is C18H17NO5. The van der Waals surface area contributed by atoms with Gasteiger partial charge in [-0.3, -0.25) is 19.7 Å². The summed E-state index contributed by atoms with van der Waals surface area (Å²) in [6, 6.07) is 12.4. The number of Topliss-reactive ketones (excluding diaryl/α,β-unsaturated/α-hetero) is 1. The number of carbonyl (C=O) groups excluding carboxylic acids is 2. The number of nitrogens with zero attached hydrogens (tertiary/aromatic N) is 1. The molecule has 0 amide bonds. The van der Waals surface area contributed by atoms with E-state index in [1.165, 1.54) is 18.2 Å². The van der Waals surface area contributed by atoms with Crippen LogP contribution in [0.1, 0.15) is 34.3 Å². The van der Waals surface area contributed by atoms with E-state index >= 15 is 0 Å². The van der Waals surface area contributed by atoms with Crippen LogP contribution in [0, 0.1) is 17.0 Å². The third kappa shape index (κ3) is 3.65. The first kappa shape index (κ1) is 17.3. The fourth-order valence-electron chi connectivity index (χ4n) is 2.38. The highest BCUT2D eigenvalue weighted by Gasteiger charge is 2.35. The lowest BCUT2D eigenvalue weighted by Gasteiger charge is -2.15. The second kappa shape index (κ2) is 7.50. The second-order valence-electron chi connectivity index (χ2n) is 5.23. The largest absolute Gasteiger partial charge is 0.465 e. The number of esters is 1. The predicted octanol–water partition coefficient (Wildman–Crippen LogP) is 3.43. The van der Waals surface area contributed by atoms with Gasteiger partial charge in [-0.25, -0.2) is 0 Å². The van der Waals surface area contributed by atoms with Gasteiger partial charge < -0.3 is 4.74 Å². The Hall–Kier alpha value is -3.02. The van der Waals surface area contributed by atoms with E-state index in [2.05, 4.69) is 0 Å². The molecule has 0 spiro atoms. The molecule has 2 aromatic carbocycles. The van der Waals surface area contributed by atoms with Gasteiger partial charge in [0.15, 0.2) is 11.7 Å². The molecule has 0 aliphatic carbocycles. The van der Waals surface area contributed by atoms with E-state index in [0.29, 0.717) is 5.56 Å². The van der Waals surface area contributed by atoms with E-state index < -0.39 is 22.6 Å². The van der Waals surface area contributed by atoms with Crippen LogP contribution in [0.2, 0.25) is 0 Å². The summed E-state index contributed by atoms with van der Waals surface area (Å²) < 4.78 is 4.98. The Bertz CT molecular complexity index is 767. The SMILES string of the molecule is CCOC(=O)C(C(=O)c1ccc(C)cc1)c1ccccc1[N+](=O)[O-]. The summed E-state index contributed by atoms with van der Waals surface area (Å²) in [4.78, 5) is 35.8. The molecule has 1 unspecified atom stereocenters. The summed E-state index contributed by atoms with van der Waals surface area (Å²) in [7, 11) is 0. The fourth-order valence-corrected chi connectivity index (χ4v) is 2.38.